The lowest BCUT2D eigenvalue weighted by molar-refractivity contribution is -0.147. The first-order valence-corrected chi connectivity index (χ1v) is 16.9. The zero-order valence-electron chi connectivity index (χ0n) is 26.8. The fourth-order valence-electron chi connectivity index (χ4n) is 5.84. The van der Waals surface area contributed by atoms with Gasteiger partial charge in [0.2, 0.25) is 0 Å². The molecule has 0 aromatic heterocycles. The standard InChI is InChI=1S/C37H46Cl2N2O4/c1-4-5-6-7-8-12-36(45-27(2)42)31-11-9-10-29(23-31)25-41-21-19-28(20-22-41)26-44-33-17-18-34(35(39)24-33)37(40-43-3)30-13-15-32(38)16-14-30/h9-11,13-18,23-24,28,36H,4-8,12,19-22,25-26H2,1-3H3/b40-37+/t36-/m1/s1. The van der Waals surface area contributed by atoms with Crippen LogP contribution in [-0.2, 0) is 20.9 Å². The number of carbonyl (C=O) groups excluding carboxylic acids is 1. The van der Waals surface area contributed by atoms with Crippen molar-refractivity contribution in [1.29, 1.82) is 0 Å². The van der Waals surface area contributed by atoms with Gasteiger partial charge < -0.3 is 14.3 Å². The van der Waals surface area contributed by atoms with E-state index in [4.69, 9.17) is 37.5 Å². The summed E-state index contributed by atoms with van der Waals surface area (Å²) in [5.41, 5.74) is 4.61. The van der Waals surface area contributed by atoms with Crippen LogP contribution in [0.15, 0.2) is 71.9 Å². The highest BCUT2D eigenvalue weighted by Crippen LogP contribution is 2.29. The van der Waals surface area contributed by atoms with Gasteiger partial charge in [-0.25, -0.2) is 0 Å². The van der Waals surface area contributed by atoms with Crippen LogP contribution < -0.4 is 4.74 Å². The van der Waals surface area contributed by atoms with Gasteiger partial charge in [-0.3, -0.25) is 9.69 Å². The molecule has 1 atom stereocenters. The first-order valence-electron chi connectivity index (χ1n) is 16.1. The van der Waals surface area contributed by atoms with Crippen LogP contribution in [0.3, 0.4) is 0 Å². The highest BCUT2D eigenvalue weighted by atomic mass is 35.5. The van der Waals surface area contributed by atoms with Gasteiger partial charge >= 0.3 is 5.97 Å². The molecule has 3 aromatic carbocycles. The molecule has 4 rings (SSSR count). The van der Waals surface area contributed by atoms with Crippen molar-refractivity contribution < 1.29 is 19.1 Å². The molecule has 6 nitrogen and oxygen atoms in total. The van der Waals surface area contributed by atoms with Crippen LogP contribution in [0.2, 0.25) is 10.0 Å². The summed E-state index contributed by atoms with van der Waals surface area (Å²) in [6, 6.07) is 21.7. The first kappa shape index (κ1) is 34.8. The number of oxime groups is 1. The largest absolute Gasteiger partial charge is 0.493 e. The van der Waals surface area contributed by atoms with Gasteiger partial charge in [0.15, 0.2) is 0 Å². The van der Waals surface area contributed by atoms with E-state index in [0.717, 1.165) is 67.8 Å². The molecule has 0 N–H and O–H groups in total. The summed E-state index contributed by atoms with van der Waals surface area (Å²) in [5.74, 6) is 0.999. The van der Waals surface area contributed by atoms with Crippen LogP contribution in [0.25, 0.3) is 0 Å². The molecule has 8 heteroatoms. The van der Waals surface area contributed by atoms with Crippen molar-refractivity contribution in [2.45, 2.75) is 77.9 Å². The van der Waals surface area contributed by atoms with E-state index in [9.17, 15) is 4.79 Å². The van der Waals surface area contributed by atoms with E-state index in [1.807, 2.05) is 42.5 Å². The average molecular weight is 654 g/mol. The van der Waals surface area contributed by atoms with Crippen LogP contribution in [0.1, 0.15) is 93.6 Å². The Morgan fingerprint density at radius 2 is 1.73 bits per heavy atom. The summed E-state index contributed by atoms with van der Waals surface area (Å²) in [6.07, 6.45) is 8.80. The fraction of sp³-hybridized carbons (Fsp3) is 0.459. The summed E-state index contributed by atoms with van der Waals surface area (Å²) in [7, 11) is 1.52. The normalized spacial score (nSPS) is 15.1. The number of rotatable bonds is 16. The predicted octanol–water partition coefficient (Wildman–Crippen LogP) is 9.65. The van der Waals surface area contributed by atoms with Crippen molar-refractivity contribution in [2.24, 2.45) is 11.1 Å². The van der Waals surface area contributed by atoms with Crippen molar-refractivity contribution in [1.82, 2.24) is 4.90 Å². The molecular formula is C37H46Cl2N2O4. The summed E-state index contributed by atoms with van der Waals surface area (Å²) in [5, 5.41) is 5.41. The molecular weight excluding hydrogens is 607 g/mol. The number of esters is 1. The van der Waals surface area contributed by atoms with Crippen LogP contribution >= 0.6 is 23.2 Å². The van der Waals surface area contributed by atoms with E-state index in [1.165, 1.54) is 45.3 Å². The lowest BCUT2D eigenvalue weighted by atomic mass is 9.96. The Labute approximate surface area is 278 Å². The molecule has 0 aliphatic carbocycles. The van der Waals surface area contributed by atoms with E-state index in [-0.39, 0.29) is 12.1 Å². The van der Waals surface area contributed by atoms with Crippen molar-refractivity contribution in [2.75, 3.05) is 26.8 Å². The smallest absolute Gasteiger partial charge is 0.303 e. The summed E-state index contributed by atoms with van der Waals surface area (Å²) in [4.78, 5) is 19.4. The Bertz CT molecular complexity index is 1390. The molecule has 1 heterocycles. The van der Waals surface area contributed by atoms with Crippen LogP contribution in [0, 0.1) is 5.92 Å². The van der Waals surface area contributed by atoms with Gasteiger partial charge in [-0.15, -0.1) is 0 Å². The number of hydrogen-bond acceptors (Lipinski definition) is 6. The van der Waals surface area contributed by atoms with E-state index in [1.54, 1.807) is 0 Å². The Hall–Kier alpha value is -3.06. The quantitative estimate of drug-likeness (QED) is 0.0667. The van der Waals surface area contributed by atoms with E-state index in [0.29, 0.717) is 28.3 Å². The first-order chi connectivity index (χ1) is 21.9. The number of likely N-dealkylation sites (tertiary alicyclic amines) is 1. The van der Waals surface area contributed by atoms with Crippen LogP contribution in [0.4, 0.5) is 0 Å². The lowest BCUT2D eigenvalue weighted by Crippen LogP contribution is -2.35. The molecule has 0 spiro atoms. The van der Waals surface area contributed by atoms with Crippen LogP contribution in [0.5, 0.6) is 5.75 Å². The zero-order chi connectivity index (χ0) is 32.0. The monoisotopic (exact) mass is 652 g/mol. The molecule has 0 unspecified atom stereocenters. The van der Waals surface area contributed by atoms with E-state index >= 15 is 0 Å². The molecule has 1 aliphatic heterocycles. The maximum absolute atomic E-state index is 11.8. The van der Waals surface area contributed by atoms with Crippen molar-refractivity contribution in [3.8, 4) is 5.75 Å². The van der Waals surface area contributed by atoms with Gasteiger partial charge in [0, 0.05) is 29.6 Å². The SMILES string of the molecule is CCCCCCC[C@@H](OC(C)=O)c1cccc(CN2CCC(COc3ccc(/C(=N/OC)c4ccc(Cl)cc4)c(Cl)c3)CC2)c1. The fourth-order valence-corrected chi connectivity index (χ4v) is 6.22. The highest BCUT2D eigenvalue weighted by molar-refractivity contribution is 6.35. The number of halogens is 2. The minimum atomic E-state index is -0.218. The Balaban J connectivity index is 1.27. The van der Waals surface area contributed by atoms with Gasteiger partial charge in [-0.1, -0.05) is 97.4 Å². The molecule has 1 aliphatic rings. The summed E-state index contributed by atoms with van der Waals surface area (Å²) < 4.78 is 11.9. The van der Waals surface area contributed by atoms with E-state index in [2.05, 4.69) is 41.2 Å². The third-order valence-corrected chi connectivity index (χ3v) is 8.86. The average Bonchev–Trinajstić information content (AvgIpc) is 3.03. The van der Waals surface area contributed by atoms with E-state index < -0.39 is 0 Å². The van der Waals surface area contributed by atoms with Gasteiger partial charge in [-0.2, -0.15) is 0 Å². The second-order valence-corrected chi connectivity index (χ2v) is 12.7. The maximum Gasteiger partial charge on any atom is 0.303 e. The van der Waals surface area contributed by atoms with Crippen molar-refractivity contribution in [3.63, 3.8) is 0 Å². The van der Waals surface area contributed by atoms with Gasteiger partial charge in [0.25, 0.3) is 0 Å². The lowest BCUT2D eigenvalue weighted by Gasteiger charge is -2.32. The Morgan fingerprint density at radius 3 is 2.42 bits per heavy atom. The maximum atomic E-state index is 11.8. The molecule has 0 amide bonds. The second-order valence-electron chi connectivity index (χ2n) is 11.8. The summed E-state index contributed by atoms with van der Waals surface area (Å²) in [6.45, 7) is 7.29. The van der Waals surface area contributed by atoms with Crippen molar-refractivity contribution >= 4 is 34.9 Å². The summed E-state index contributed by atoms with van der Waals surface area (Å²) >= 11 is 12.7. The third-order valence-electron chi connectivity index (χ3n) is 8.30. The van der Waals surface area contributed by atoms with Crippen LogP contribution in [-0.4, -0.2) is 43.4 Å². The number of ether oxygens (including phenoxy) is 2. The predicted molar refractivity (Wildman–Crippen MR) is 183 cm³/mol. The number of piperidine rings is 1. The molecule has 3 aromatic rings. The molecule has 45 heavy (non-hydrogen) atoms. The minimum Gasteiger partial charge on any atom is -0.493 e. The number of benzene rings is 3. The number of hydrogen-bond donors (Lipinski definition) is 0. The minimum absolute atomic E-state index is 0.175. The molecule has 242 valence electrons. The molecule has 0 bridgehead atoms. The molecule has 1 saturated heterocycles. The third kappa shape index (κ3) is 11.1. The van der Waals surface area contributed by atoms with Gasteiger partial charge in [0.1, 0.15) is 24.7 Å². The number of unbranched alkanes of at least 4 members (excludes halogenated alkanes) is 4. The number of nitrogens with zero attached hydrogens (tertiary/aromatic N) is 2. The molecule has 1 fully saturated rings. The second kappa shape index (κ2) is 18.2. The highest BCUT2D eigenvalue weighted by Gasteiger charge is 2.21. The van der Waals surface area contributed by atoms with Gasteiger partial charge in [0.05, 0.1) is 11.6 Å². The Kier molecular flexibility index (Phi) is 14.1. The Morgan fingerprint density at radius 1 is 0.978 bits per heavy atom. The number of carbonyl (C=O) groups is 1. The van der Waals surface area contributed by atoms with Crippen molar-refractivity contribution in [3.05, 3.63) is 99.0 Å². The van der Waals surface area contributed by atoms with Gasteiger partial charge in [-0.05, 0) is 86.1 Å². The molecule has 0 radical (unpaired) electrons. The topological polar surface area (TPSA) is 60.4 Å². The molecule has 0 saturated carbocycles. The zero-order valence-corrected chi connectivity index (χ0v) is 28.3.